The molecule has 0 saturated heterocycles. The number of nitrogens with zero attached hydrogens (tertiary/aromatic N) is 1. The van der Waals surface area contributed by atoms with Crippen molar-refractivity contribution in [1.29, 1.82) is 0 Å². The second-order valence-corrected chi connectivity index (χ2v) is 17.0. The van der Waals surface area contributed by atoms with Gasteiger partial charge in [-0.2, -0.15) is 0 Å². The molecule has 3 saturated carbocycles. The minimum atomic E-state index is 0.128. The minimum absolute atomic E-state index is 0.128. The Morgan fingerprint density at radius 2 is 1.06 bits per heavy atom. The van der Waals surface area contributed by atoms with E-state index >= 15 is 0 Å². The maximum absolute atomic E-state index is 2.58. The molecule has 2 spiro atoms. The summed E-state index contributed by atoms with van der Waals surface area (Å²) in [6, 6.07) is 53.9. The van der Waals surface area contributed by atoms with Gasteiger partial charge >= 0.3 is 0 Å². The molecular weight excluding hydrogens is 639 g/mol. The van der Waals surface area contributed by atoms with Crippen LogP contribution in [0.25, 0.3) is 33.4 Å². The minimum Gasteiger partial charge on any atom is -0.310 e. The van der Waals surface area contributed by atoms with E-state index in [1.807, 2.05) is 0 Å². The molecule has 5 aliphatic rings. The van der Waals surface area contributed by atoms with Crippen LogP contribution in [0.4, 0.5) is 17.1 Å². The van der Waals surface area contributed by atoms with Crippen molar-refractivity contribution in [3.8, 4) is 33.4 Å². The third kappa shape index (κ3) is 4.49. The maximum Gasteiger partial charge on any atom is 0.0468 e. The number of anilines is 3. The smallest absolute Gasteiger partial charge is 0.0468 e. The van der Waals surface area contributed by atoms with Gasteiger partial charge in [0.05, 0.1) is 0 Å². The first kappa shape index (κ1) is 31.6. The Balaban J connectivity index is 1.09. The van der Waals surface area contributed by atoms with Crippen LogP contribution in [0.2, 0.25) is 0 Å². The molecule has 0 N–H and O–H groups in total. The van der Waals surface area contributed by atoms with Crippen molar-refractivity contribution in [2.75, 3.05) is 4.90 Å². The van der Waals surface area contributed by atoms with Crippen molar-refractivity contribution in [2.45, 2.75) is 82.0 Å². The van der Waals surface area contributed by atoms with Gasteiger partial charge in [-0.05, 0) is 148 Å². The van der Waals surface area contributed by atoms with E-state index in [9.17, 15) is 0 Å². The van der Waals surface area contributed by atoms with Crippen LogP contribution >= 0.6 is 0 Å². The van der Waals surface area contributed by atoms with Crippen LogP contribution in [0.5, 0.6) is 0 Å². The van der Waals surface area contributed by atoms with E-state index in [1.54, 1.807) is 16.7 Å². The molecule has 5 aliphatic carbocycles. The summed E-state index contributed by atoms with van der Waals surface area (Å²) in [4.78, 5) is 2.56. The summed E-state index contributed by atoms with van der Waals surface area (Å²) in [6.07, 6.45) is 13.3. The Morgan fingerprint density at radius 3 is 1.79 bits per heavy atom. The zero-order valence-corrected chi connectivity index (χ0v) is 31.0. The Morgan fingerprint density at radius 1 is 0.491 bits per heavy atom. The number of benzene rings is 6. The summed E-state index contributed by atoms with van der Waals surface area (Å²) < 4.78 is 0. The fourth-order valence-electron chi connectivity index (χ4n) is 12.6. The van der Waals surface area contributed by atoms with Crippen LogP contribution in [-0.2, 0) is 10.8 Å². The number of hydrogen-bond acceptors (Lipinski definition) is 1. The van der Waals surface area contributed by atoms with Gasteiger partial charge in [-0.15, -0.1) is 0 Å². The predicted octanol–water partition coefficient (Wildman–Crippen LogP) is 14.2. The maximum atomic E-state index is 2.58. The van der Waals surface area contributed by atoms with Gasteiger partial charge in [-0.3, -0.25) is 0 Å². The zero-order chi connectivity index (χ0) is 35.1. The fraction of sp³-hybridized carbons (Fsp3) is 0.308. The number of hydrogen-bond donors (Lipinski definition) is 0. The third-order valence-electron chi connectivity index (χ3n) is 14.8. The normalized spacial score (nSPS) is 24.1. The van der Waals surface area contributed by atoms with Crippen LogP contribution in [0, 0.1) is 17.8 Å². The molecule has 2 bridgehead atoms. The second-order valence-electron chi connectivity index (χ2n) is 17.0. The Bertz CT molecular complexity index is 2330. The summed E-state index contributed by atoms with van der Waals surface area (Å²) in [7, 11) is 0. The molecular formula is C52H49N. The lowest BCUT2D eigenvalue weighted by Crippen LogP contribution is -2.49. The van der Waals surface area contributed by atoms with Gasteiger partial charge in [0.2, 0.25) is 0 Å². The van der Waals surface area contributed by atoms with Gasteiger partial charge in [0, 0.05) is 27.9 Å². The summed E-state index contributed by atoms with van der Waals surface area (Å²) >= 11 is 0. The molecule has 0 aliphatic heterocycles. The lowest BCUT2D eigenvalue weighted by Gasteiger charge is -2.55. The zero-order valence-electron chi connectivity index (χ0n) is 31.0. The molecule has 262 valence electrons. The van der Waals surface area contributed by atoms with E-state index in [4.69, 9.17) is 0 Å². The Labute approximate surface area is 315 Å². The van der Waals surface area contributed by atoms with E-state index in [-0.39, 0.29) is 10.8 Å². The summed E-state index contributed by atoms with van der Waals surface area (Å²) in [5, 5.41) is 0. The molecule has 11 rings (SSSR count). The van der Waals surface area contributed by atoms with E-state index < -0.39 is 0 Å². The van der Waals surface area contributed by atoms with Gasteiger partial charge < -0.3 is 4.90 Å². The van der Waals surface area contributed by atoms with Crippen LogP contribution < -0.4 is 4.90 Å². The van der Waals surface area contributed by atoms with Gasteiger partial charge in [0.15, 0.2) is 0 Å². The first-order valence-corrected chi connectivity index (χ1v) is 20.6. The van der Waals surface area contributed by atoms with Gasteiger partial charge in [-0.1, -0.05) is 136 Å². The van der Waals surface area contributed by atoms with Crippen molar-refractivity contribution in [3.63, 3.8) is 0 Å². The summed E-state index contributed by atoms with van der Waals surface area (Å²) in [5.41, 5.74) is 18.7. The number of rotatable bonds is 5. The highest BCUT2D eigenvalue weighted by Gasteiger charge is 2.57. The molecule has 0 heterocycles. The van der Waals surface area contributed by atoms with E-state index in [2.05, 4.69) is 151 Å². The molecule has 2 atom stereocenters. The first-order valence-electron chi connectivity index (χ1n) is 20.6. The Hall–Kier alpha value is -4.88. The van der Waals surface area contributed by atoms with E-state index in [1.165, 1.54) is 120 Å². The Kier molecular flexibility index (Phi) is 7.20. The lowest BCUT2D eigenvalue weighted by molar-refractivity contribution is 0.0492. The topological polar surface area (TPSA) is 3.24 Å². The number of fused-ring (bicyclic) bond motifs is 8. The summed E-state index contributed by atoms with van der Waals surface area (Å²) in [5.74, 6) is 2.33. The molecule has 53 heavy (non-hydrogen) atoms. The molecule has 2 unspecified atom stereocenters. The van der Waals surface area contributed by atoms with Crippen LogP contribution in [0.1, 0.15) is 93.4 Å². The van der Waals surface area contributed by atoms with Crippen LogP contribution in [0.3, 0.4) is 0 Å². The molecule has 3 fully saturated rings. The largest absolute Gasteiger partial charge is 0.310 e. The highest BCUT2D eigenvalue weighted by atomic mass is 15.1. The SMILES string of the molecule is CCC1CC2CCCC(C1)C21c2ccccc2-c2cc(N(c3ccc(-c4ccccc4)cc3)c3ccc4c(c3)C3(CCCC3)c3ccccc3-4)ccc21. The molecule has 0 aromatic heterocycles. The lowest BCUT2D eigenvalue weighted by atomic mass is 9.49. The van der Waals surface area contributed by atoms with Gasteiger partial charge in [-0.25, -0.2) is 0 Å². The highest BCUT2D eigenvalue weighted by Crippen LogP contribution is 2.66. The van der Waals surface area contributed by atoms with E-state index in [0.717, 1.165) is 17.8 Å². The molecule has 1 heteroatoms. The van der Waals surface area contributed by atoms with Crippen molar-refractivity contribution >= 4 is 17.1 Å². The van der Waals surface area contributed by atoms with Gasteiger partial charge in [0.25, 0.3) is 0 Å². The van der Waals surface area contributed by atoms with Crippen LogP contribution in [0.15, 0.2) is 140 Å². The fourth-order valence-corrected chi connectivity index (χ4v) is 12.6. The molecule has 6 aromatic rings. The molecule has 1 nitrogen and oxygen atoms in total. The quantitative estimate of drug-likeness (QED) is 0.174. The standard InChI is InChI=1S/C52H49N/c1-2-35-31-38-15-12-16-39(32-35)52(38)48-20-9-7-18-44(48)46-33-41(26-28-49(46)52)53(40-23-21-37(22-24-40)36-13-4-3-5-14-36)42-25-27-45-43-17-6-8-19-47(43)51(50(45)34-42)29-10-11-30-51/h3-9,13-14,17-28,33-35,38-39H,2,10-12,15-16,29-32H2,1H3. The molecule has 0 amide bonds. The monoisotopic (exact) mass is 687 g/mol. The average molecular weight is 688 g/mol. The second kappa shape index (κ2) is 12.1. The molecule has 0 radical (unpaired) electrons. The van der Waals surface area contributed by atoms with Crippen LogP contribution in [-0.4, -0.2) is 0 Å². The van der Waals surface area contributed by atoms with E-state index in [0.29, 0.717) is 0 Å². The van der Waals surface area contributed by atoms with Crippen molar-refractivity contribution < 1.29 is 0 Å². The highest BCUT2D eigenvalue weighted by molar-refractivity contribution is 5.90. The van der Waals surface area contributed by atoms with Crippen molar-refractivity contribution in [3.05, 3.63) is 162 Å². The average Bonchev–Trinajstić information content (AvgIpc) is 3.89. The summed E-state index contributed by atoms with van der Waals surface area (Å²) in [6.45, 7) is 2.42. The predicted molar refractivity (Wildman–Crippen MR) is 221 cm³/mol. The van der Waals surface area contributed by atoms with Crippen molar-refractivity contribution in [2.24, 2.45) is 17.8 Å². The third-order valence-corrected chi connectivity index (χ3v) is 14.8. The van der Waals surface area contributed by atoms with Crippen molar-refractivity contribution in [1.82, 2.24) is 0 Å². The molecule has 6 aromatic carbocycles. The first-order chi connectivity index (χ1) is 26.2. The van der Waals surface area contributed by atoms with Gasteiger partial charge in [0.1, 0.15) is 0 Å².